The molecule has 2 rings (SSSR count). The highest BCUT2D eigenvalue weighted by Gasteiger charge is 2.28. The van der Waals surface area contributed by atoms with E-state index in [1.54, 1.807) is 6.20 Å². The molecule has 0 spiro atoms. The van der Waals surface area contributed by atoms with Crippen molar-refractivity contribution in [3.05, 3.63) is 36.0 Å². The Kier molecular flexibility index (Phi) is 8.51. The van der Waals surface area contributed by atoms with E-state index in [-0.39, 0.29) is 6.42 Å². The zero-order chi connectivity index (χ0) is 24.7. The quantitative estimate of drug-likeness (QED) is 0.223. The van der Waals surface area contributed by atoms with E-state index in [2.05, 4.69) is 20.9 Å². The van der Waals surface area contributed by atoms with Crippen molar-refractivity contribution in [2.75, 3.05) is 0 Å². The molecule has 1 aromatic carbocycles. The van der Waals surface area contributed by atoms with Gasteiger partial charge in [-0.05, 0) is 25.5 Å². The second-order valence-electron chi connectivity index (χ2n) is 7.63. The second kappa shape index (κ2) is 11.1. The number of para-hydroxylation sites is 1. The maximum Gasteiger partial charge on any atom is 0.325 e. The van der Waals surface area contributed by atoms with Gasteiger partial charge in [0.15, 0.2) is 0 Å². The Morgan fingerprint density at radius 2 is 1.58 bits per heavy atom. The molecule has 0 bridgehead atoms. The van der Waals surface area contributed by atoms with Crippen molar-refractivity contribution >= 4 is 40.6 Å². The fourth-order valence-electron chi connectivity index (χ4n) is 3.07. The molecule has 8 N–H and O–H groups in total. The molecule has 0 aliphatic carbocycles. The lowest BCUT2D eigenvalue weighted by Gasteiger charge is -2.23. The molecule has 3 amide bonds. The molecule has 1 aromatic heterocycles. The van der Waals surface area contributed by atoms with Crippen molar-refractivity contribution in [3.8, 4) is 0 Å². The van der Waals surface area contributed by atoms with Crippen LogP contribution in [0, 0.1) is 0 Å². The molecule has 0 aliphatic rings. The van der Waals surface area contributed by atoms with Gasteiger partial charge in [0.2, 0.25) is 17.7 Å². The van der Waals surface area contributed by atoms with Crippen molar-refractivity contribution in [2.45, 2.75) is 50.9 Å². The van der Waals surface area contributed by atoms with Crippen molar-refractivity contribution in [3.63, 3.8) is 0 Å². The lowest BCUT2D eigenvalue weighted by Crippen LogP contribution is -2.56. The summed E-state index contributed by atoms with van der Waals surface area (Å²) in [7, 11) is 0. The van der Waals surface area contributed by atoms with Crippen molar-refractivity contribution in [2.24, 2.45) is 5.73 Å². The zero-order valence-corrected chi connectivity index (χ0v) is 18.1. The van der Waals surface area contributed by atoms with E-state index < -0.39 is 60.2 Å². The number of aliphatic carboxylic acids is 2. The number of hydrogen-bond donors (Lipinski definition) is 7. The minimum Gasteiger partial charge on any atom is -0.481 e. The zero-order valence-electron chi connectivity index (χ0n) is 18.1. The third-order valence-electron chi connectivity index (χ3n) is 4.94. The van der Waals surface area contributed by atoms with E-state index in [9.17, 15) is 24.0 Å². The van der Waals surface area contributed by atoms with Gasteiger partial charge in [-0.3, -0.25) is 24.0 Å². The van der Waals surface area contributed by atoms with E-state index >= 15 is 0 Å². The summed E-state index contributed by atoms with van der Waals surface area (Å²) in [4.78, 5) is 62.4. The number of fused-ring (bicyclic) bond motifs is 1. The highest BCUT2D eigenvalue weighted by Crippen LogP contribution is 2.19. The molecule has 33 heavy (non-hydrogen) atoms. The topological polar surface area (TPSA) is 204 Å². The Hall–Kier alpha value is -3.93. The van der Waals surface area contributed by atoms with Crippen LogP contribution in [-0.2, 0) is 30.4 Å². The molecule has 0 saturated heterocycles. The summed E-state index contributed by atoms with van der Waals surface area (Å²) >= 11 is 0. The van der Waals surface area contributed by atoms with Gasteiger partial charge in [0.1, 0.15) is 18.1 Å². The second-order valence-corrected chi connectivity index (χ2v) is 7.63. The van der Waals surface area contributed by atoms with Gasteiger partial charge in [-0.2, -0.15) is 0 Å². The maximum absolute atomic E-state index is 12.9. The van der Waals surface area contributed by atoms with E-state index in [1.165, 1.54) is 13.8 Å². The average Bonchev–Trinajstić information content (AvgIpc) is 3.15. The number of nitrogens with two attached hydrogens (primary N) is 1. The smallest absolute Gasteiger partial charge is 0.325 e. The van der Waals surface area contributed by atoms with Crippen LogP contribution in [0.4, 0.5) is 0 Å². The Morgan fingerprint density at radius 3 is 2.21 bits per heavy atom. The molecule has 0 saturated carbocycles. The van der Waals surface area contributed by atoms with Gasteiger partial charge in [-0.1, -0.05) is 18.2 Å². The number of hydrogen-bond acceptors (Lipinski definition) is 6. The summed E-state index contributed by atoms with van der Waals surface area (Å²) in [6, 6.07) is 2.50. The van der Waals surface area contributed by atoms with Crippen LogP contribution in [0.1, 0.15) is 25.8 Å². The number of carboxylic acids is 2. The fourth-order valence-corrected chi connectivity index (χ4v) is 3.07. The van der Waals surface area contributed by atoms with Crippen LogP contribution in [0.15, 0.2) is 30.5 Å². The van der Waals surface area contributed by atoms with E-state index in [0.29, 0.717) is 5.56 Å². The van der Waals surface area contributed by atoms with Gasteiger partial charge < -0.3 is 36.9 Å². The Labute approximate surface area is 188 Å². The molecule has 12 heteroatoms. The minimum atomic E-state index is -1.38. The Morgan fingerprint density at radius 1 is 0.939 bits per heavy atom. The molecule has 0 aliphatic heterocycles. The van der Waals surface area contributed by atoms with Crippen molar-refractivity contribution in [1.82, 2.24) is 20.9 Å². The molecule has 0 radical (unpaired) electrons. The number of aromatic nitrogens is 1. The van der Waals surface area contributed by atoms with Crippen molar-refractivity contribution in [1.29, 1.82) is 0 Å². The lowest BCUT2D eigenvalue weighted by molar-refractivity contribution is -0.141. The first-order valence-electron chi connectivity index (χ1n) is 10.2. The Balaban J connectivity index is 2.19. The summed E-state index contributed by atoms with van der Waals surface area (Å²) in [5, 5.41) is 25.7. The van der Waals surface area contributed by atoms with Crippen LogP contribution in [-0.4, -0.2) is 69.0 Å². The molecule has 178 valence electrons. The van der Waals surface area contributed by atoms with Crippen LogP contribution in [0.25, 0.3) is 10.9 Å². The Bertz CT molecular complexity index is 1050. The molecule has 1 heterocycles. The molecule has 0 fully saturated rings. The normalized spacial score (nSPS) is 14.5. The van der Waals surface area contributed by atoms with Gasteiger partial charge >= 0.3 is 11.9 Å². The van der Waals surface area contributed by atoms with E-state index in [1.807, 2.05) is 24.3 Å². The summed E-state index contributed by atoms with van der Waals surface area (Å²) < 4.78 is 0. The predicted octanol–water partition coefficient (Wildman–Crippen LogP) is -0.909. The highest BCUT2D eigenvalue weighted by molar-refractivity contribution is 5.95. The number of carbonyl (C=O) groups excluding carboxylic acids is 3. The van der Waals surface area contributed by atoms with Crippen LogP contribution in [0.3, 0.4) is 0 Å². The molecule has 12 nitrogen and oxygen atoms in total. The van der Waals surface area contributed by atoms with Crippen LogP contribution >= 0.6 is 0 Å². The molecular weight excluding hydrogens is 434 g/mol. The van der Waals surface area contributed by atoms with Gasteiger partial charge in [-0.25, -0.2) is 0 Å². The largest absolute Gasteiger partial charge is 0.481 e. The van der Waals surface area contributed by atoms with Crippen LogP contribution in [0.5, 0.6) is 0 Å². The number of H-pyrrole nitrogens is 1. The summed E-state index contributed by atoms with van der Waals surface area (Å²) in [6.07, 6.45) is 1.08. The number of amides is 3. The monoisotopic (exact) mass is 461 g/mol. The average molecular weight is 461 g/mol. The first-order valence-corrected chi connectivity index (χ1v) is 10.2. The maximum atomic E-state index is 12.9. The van der Waals surface area contributed by atoms with Gasteiger partial charge in [0.05, 0.1) is 12.5 Å². The highest BCUT2D eigenvalue weighted by atomic mass is 16.4. The summed E-state index contributed by atoms with van der Waals surface area (Å²) in [6.45, 7) is 2.64. The summed E-state index contributed by atoms with van der Waals surface area (Å²) in [5.41, 5.74) is 7.13. The number of benzene rings is 1. The predicted molar refractivity (Wildman–Crippen MR) is 117 cm³/mol. The third kappa shape index (κ3) is 7.04. The molecular formula is C21H27N5O7. The lowest BCUT2D eigenvalue weighted by atomic mass is 10.0. The number of carbonyl (C=O) groups is 5. The van der Waals surface area contributed by atoms with Crippen LogP contribution < -0.4 is 21.7 Å². The molecule has 4 atom stereocenters. The van der Waals surface area contributed by atoms with Gasteiger partial charge in [-0.15, -0.1) is 0 Å². The van der Waals surface area contributed by atoms with Gasteiger partial charge in [0.25, 0.3) is 0 Å². The molecule has 2 aromatic rings. The number of aromatic amines is 1. The minimum absolute atomic E-state index is 0.0290. The third-order valence-corrected chi connectivity index (χ3v) is 4.94. The first kappa shape index (κ1) is 25.3. The number of nitrogens with one attached hydrogen (secondary N) is 4. The van der Waals surface area contributed by atoms with E-state index in [4.69, 9.17) is 15.9 Å². The first-order chi connectivity index (χ1) is 15.5. The SMILES string of the molecule is C[C@H](NC(=O)[C@H](C)NC(=O)[C@H](Cc1c[nH]c2ccccc12)NC(=O)[C@@H](N)CC(=O)O)C(=O)O. The summed E-state index contributed by atoms with van der Waals surface area (Å²) in [5.74, 6) is -4.79. The fraction of sp³-hybridized carbons (Fsp3) is 0.381. The standard InChI is InChI=1S/C21H27N5O7/c1-10(18(29)25-11(2)21(32)33)24-20(31)16(26-19(30)14(22)8-17(27)28)7-12-9-23-15-6-4-3-5-13(12)15/h3-6,9-11,14,16,23H,7-8,22H2,1-2H3,(H,24,31)(H,25,29)(H,26,30)(H,27,28)(H,32,33)/t10-,11-,14-,16-/m0/s1. The van der Waals surface area contributed by atoms with Crippen molar-refractivity contribution < 1.29 is 34.2 Å². The number of carboxylic acid groups (broad SMARTS) is 2. The van der Waals surface area contributed by atoms with Crippen LogP contribution in [0.2, 0.25) is 0 Å². The number of rotatable bonds is 11. The molecule has 0 unspecified atom stereocenters. The van der Waals surface area contributed by atoms with E-state index in [0.717, 1.165) is 10.9 Å². The van der Waals surface area contributed by atoms with Gasteiger partial charge in [0, 0.05) is 23.5 Å².